The molecule has 1 aliphatic heterocycles. The SMILES string of the molecule is CC(C)C1(c2ccc(N)cc2)COC1. The monoisotopic (exact) mass is 191 g/mol. The van der Waals surface area contributed by atoms with E-state index in [1.807, 2.05) is 12.1 Å². The summed E-state index contributed by atoms with van der Waals surface area (Å²) in [6.07, 6.45) is 0. The van der Waals surface area contributed by atoms with Crippen LogP contribution in [0, 0.1) is 5.92 Å². The molecule has 1 heterocycles. The maximum absolute atomic E-state index is 5.67. The minimum atomic E-state index is 0.230. The third kappa shape index (κ3) is 1.30. The van der Waals surface area contributed by atoms with Gasteiger partial charge >= 0.3 is 0 Å². The first-order chi connectivity index (χ1) is 6.65. The Labute approximate surface area is 85.1 Å². The van der Waals surface area contributed by atoms with Crippen LogP contribution in [0.2, 0.25) is 0 Å². The Bertz CT molecular complexity index is 312. The highest BCUT2D eigenvalue weighted by Crippen LogP contribution is 2.39. The fraction of sp³-hybridized carbons (Fsp3) is 0.500. The van der Waals surface area contributed by atoms with E-state index >= 15 is 0 Å². The average Bonchev–Trinajstić information content (AvgIpc) is 2.05. The van der Waals surface area contributed by atoms with E-state index in [9.17, 15) is 0 Å². The van der Waals surface area contributed by atoms with E-state index in [0.717, 1.165) is 18.9 Å². The van der Waals surface area contributed by atoms with Crippen molar-refractivity contribution in [3.05, 3.63) is 29.8 Å². The molecule has 0 radical (unpaired) electrons. The molecule has 2 rings (SSSR count). The zero-order valence-electron chi connectivity index (χ0n) is 8.79. The van der Waals surface area contributed by atoms with Crippen LogP contribution in [0.1, 0.15) is 19.4 Å². The summed E-state index contributed by atoms with van der Waals surface area (Å²) in [6, 6.07) is 8.19. The van der Waals surface area contributed by atoms with Crippen LogP contribution in [0.3, 0.4) is 0 Å². The van der Waals surface area contributed by atoms with Crippen LogP contribution in [-0.2, 0) is 10.2 Å². The molecule has 2 nitrogen and oxygen atoms in total. The summed E-state index contributed by atoms with van der Waals surface area (Å²) < 4.78 is 5.35. The largest absolute Gasteiger partial charge is 0.399 e. The van der Waals surface area contributed by atoms with E-state index in [0.29, 0.717) is 5.92 Å². The fourth-order valence-electron chi connectivity index (χ4n) is 1.97. The lowest BCUT2D eigenvalue weighted by Gasteiger charge is -2.45. The first-order valence-corrected chi connectivity index (χ1v) is 5.09. The summed E-state index contributed by atoms with van der Waals surface area (Å²) in [4.78, 5) is 0. The van der Waals surface area contributed by atoms with Gasteiger partial charge in [-0.3, -0.25) is 0 Å². The molecule has 1 fully saturated rings. The Morgan fingerprint density at radius 1 is 1.21 bits per heavy atom. The van der Waals surface area contributed by atoms with Crippen molar-refractivity contribution in [3.63, 3.8) is 0 Å². The standard InChI is InChI=1S/C12H17NO/c1-9(2)12(7-14-8-12)10-3-5-11(13)6-4-10/h3-6,9H,7-8,13H2,1-2H3. The van der Waals surface area contributed by atoms with Crippen molar-refractivity contribution in [1.29, 1.82) is 0 Å². The van der Waals surface area contributed by atoms with Gasteiger partial charge in [-0.25, -0.2) is 0 Å². The zero-order valence-corrected chi connectivity index (χ0v) is 8.79. The molecule has 0 amide bonds. The number of benzene rings is 1. The highest BCUT2D eigenvalue weighted by molar-refractivity contribution is 5.42. The molecule has 14 heavy (non-hydrogen) atoms. The Morgan fingerprint density at radius 2 is 1.79 bits per heavy atom. The van der Waals surface area contributed by atoms with Gasteiger partial charge in [0.1, 0.15) is 0 Å². The summed E-state index contributed by atoms with van der Waals surface area (Å²) >= 11 is 0. The van der Waals surface area contributed by atoms with Gasteiger partial charge in [-0.05, 0) is 23.6 Å². The molecule has 0 spiro atoms. The third-order valence-electron chi connectivity index (χ3n) is 3.31. The highest BCUT2D eigenvalue weighted by atomic mass is 16.5. The summed E-state index contributed by atoms with van der Waals surface area (Å²) in [6.45, 7) is 6.18. The summed E-state index contributed by atoms with van der Waals surface area (Å²) in [7, 11) is 0. The Balaban J connectivity index is 2.32. The van der Waals surface area contributed by atoms with Crippen LogP contribution < -0.4 is 5.73 Å². The number of nitrogen functional groups attached to an aromatic ring is 1. The molecule has 2 heteroatoms. The number of rotatable bonds is 2. The van der Waals surface area contributed by atoms with Crippen molar-refractivity contribution >= 4 is 5.69 Å². The Hall–Kier alpha value is -1.02. The molecule has 1 aromatic rings. The fourth-order valence-corrected chi connectivity index (χ4v) is 1.97. The minimum absolute atomic E-state index is 0.230. The van der Waals surface area contributed by atoms with Crippen molar-refractivity contribution in [2.24, 2.45) is 5.92 Å². The summed E-state index contributed by atoms with van der Waals surface area (Å²) in [5.41, 5.74) is 8.09. The quantitative estimate of drug-likeness (QED) is 0.727. The lowest BCUT2D eigenvalue weighted by molar-refractivity contribution is -0.0836. The molecule has 0 aromatic heterocycles. The number of nitrogens with two attached hydrogens (primary N) is 1. The number of hydrogen-bond donors (Lipinski definition) is 1. The molecule has 1 aliphatic rings. The predicted molar refractivity (Wildman–Crippen MR) is 58.2 cm³/mol. The highest BCUT2D eigenvalue weighted by Gasteiger charge is 2.42. The summed E-state index contributed by atoms with van der Waals surface area (Å²) in [5, 5.41) is 0. The van der Waals surface area contributed by atoms with E-state index in [4.69, 9.17) is 10.5 Å². The first-order valence-electron chi connectivity index (χ1n) is 5.09. The number of hydrogen-bond acceptors (Lipinski definition) is 2. The predicted octanol–water partition coefficient (Wildman–Crippen LogP) is 2.19. The molecular formula is C12H17NO. The van der Waals surface area contributed by atoms with Gasteiger partial charge in [0.05, 0.1) is 13.2 Å². The Morgan fingerprint density at radius 3 is 2.14 bits per heavy atom. The van der Waals surface area contributed by atoms with Crippen LogP contribution in [0.5, 0.6) is 0 Å². The van der Waals surface area contributed by atoms with Gasteiger partial charge in [0.2, 0.25) is 0 Å². The van der Waals surface area contributed by atoms with Gasteiger partial charge in [0, 0.05) is 11.1 Å². The Kier molecular flexibility index (Phi) is 2.23. The van der Waals surface area contributed by atoms with Crippen molar-refractivity contribution in [3.8, 4) is 0 Å². The molecule has 1 aromatic carbocycles. The zero-order chi connectivity index (χ0) is 10.2. The molecule has 0 saturated carbocycles. The normalized spacial score (nSPS) is 19.4. The third-order valence-corrected chi connectivity index (χ3v) is 3.31. The van der Waals surface area contributed by atoms with Crippen LogP contribution in [0.4, 0.5) is 5.69 Å². The maximum atomic E-state index is 5.67. The molecule has 0 atom stereocenters. The first kappa shape index (κ1) is 9.53. The van der Waals surface area contributed by atoms with Crippen molar-refractivity contribution in [2.45, 2.75) is 19.3 Å². The van der Waals surface area contributed by atoms with E-state index in [-0.39, 0.29) is 5.41 Å². The average molecular weight is 191 g/mol. The number of anilines is 1. The second-order valence-electron chi connectivity index (χ2n) is 4.43. The van der Waals surface area contributed by atoms with Gasteiger partial charge in [-0.2, -0.15) is 0 Å². The summed E-state index contributed by atoms with van der Waals surface area (Å²) in [5.74, 6) is 0.611. The molecule has 0 bridgehead atoms. The molecular weight excluding hydrogens is 174 g/mol. The molecule has 76 valence electrons. The van der Waals surface area contributed by atoms with Crippen molar-refractivity contribution < 1.29 is 4.74 Å². The van der Waals surface area contributed by atoms with Crippen LogP contribution in [0.15, 0.2) is 24.3 Å². The van der Waals surface area contributed by atoms with E-state index in [1.165, 1.54) is 5.56 Å². The minimum Gasteiger partial charge on any atom is -0.399 e. The molecule has 1 saturated heterocycles. The van der Waals surface area contributed by atoms with Crippen LogP contribution in [-0.4, -0.2) is 13.2 Å². The van der Waals surface area contributed by atoms with E-state index in [1.54, 1.807) is 0 Å². The molecule has 2 N–H and O–H groups in total. The van der Waals surface area contributed by atoms with Crippen LogP contribution >= 0.6 is 0 Å². The lowest BCUT2D eigenvalue weighted by Crippen LogP contribution is -2.50. The van der Waals surface area contributed by atoms with Crippen molar-refractivity contribution in [2.75, 3.05) is 18.9 Å². The smallest absolute Gasteiger partial charge is 0.0588 e. The number of ether oxygens (including phenoxy) is 1. The van der Waals surface area contributed by atoms with Crippen molar-refractivity contribution in [1.82, 2.24) is 0 Å². The van der Waals surface area contributed by atoms with Gasteiger partial charge in [-0.15, -0.1) is 0 Å². The molecule has 0 unspecified atom stereocenters. The van der Waals surface area contributed by atoms with Gasteiger partial charge < -0.3 is 10.5 Å². The van der Waals surface area contributed by atoms with Crippen LogP contribution in [0.25, 0.3) is 0 Å². The van der Waals surface area contributed by atoms with Gasteiger partial charge in [0.15, 0.2) is 0 Å². The second kappa shape index (κ2) is 3.28. The topological polar surface area (TPSA) is 35.2 Å². The second-order valence-corrected chi connectivity index (χ2v) is 4.43. The molecule has 0 aliphatic carbocycles. The van der Waals surface area contributed by atoms with E-state index < -0.39 is 0 Å². The lowest BCUT2D eigenvalue weighted by atomic mass is 9.70. The van der Waals surface area contributed by atoms with Gasteiger partial charge in [-0.1, -0.05) is 26.0 Å². The van der Waals surface area contributed by atoms with Gasteiger partial charge in [0.25, 0.3) is 0 Å². The van der Waals surface area contributed by atoms with E-state index in [2.05, 4.69) is 26.0 Å². The maximum Gasteiger partial charge on any atom is 0.0588 e.